The zero-order chi connectivity index (χ0) is 15.4. The number of nitrogens with one attached hydrogen (secondary N) is 1. The summed E-state index contributed by atoms with van der Waals surface area (Å²) < 4.78 is 17.5. The van der Waals surface area contributed by atoms with Crippen molar-refractivity contribution < 1.29 is 18.8 Å². The maximum absolute atomic E-state index is 11.6. The van der Waals surface area contributed by atoms with Crippen molar-refractivity contribution in [3.05, 3.63) is 17.7 Å². The van der Waals surface area contributed by atoms with E-state index >= 15 is 0 Å². The Hall–Kier alpha value is -1.53. The van der Waals surface area contributed by atoms with Gasteiger partial charge in [0.1, 0.15) is 5.75 Å². The molecule has 0 spiro atoms. The average Bonchev–Trinajstić information content (AvgIpc) is 2.85. The normalized spacial score (nSPS) is 22.1. The van der Waals surface area contributed by atoms with Gasteiger partial charge in [0.2, 0.25) is 5.91 Å². The van der Waals surface area contributed by atoms with Gasteiger partial charge in [-0.05, 0) is 44.8 Å². The molecule has 1 N–H and O–H groups in total. The van der Waals surface area contributed by atoms with Crippen LogP contribution in [0.4, 0.5) is 5.69 Å². The van der Waals surface area contributed by atoms with Crippen LogP contribution in [0.25, 0.3) is 0 Å². The van der Waals surface area contributed by atoms with E-state index in [1.54, 1.807) is 7.11 Å². The Labute approximate surface area is 125 Å². The molecule has 2 heterocycles. The molecule has 0 bridgehead atoms. The standard InChI is InChI=1S/C15H20BNO4/c1-14(2)15(3,4)21-16(20-14)10-6-9-7-12(18)17-13(9)11(8-10)19-5/h6,8H,7H2,1-5H3,(H,17,18). The van der Waals surface area contributed by atoms with Gasteiger partial charge < -0.3 is 19.4 Å². The molecule has 0 saturated carbocycles. The lowest BCUT2D eigenvalue weighted by molar-refractivity contribution is -0.115. The number of ether oxygens (including phenoxy) is 1. The second-order valence-electron chi connectivity index (χ2n) is 6.57. The van der Waals surface area contributed by atoms with Crippen molar-refractivity contribution in [3.63, 3.8) is 0 Å². The number of anilines is 1. The Kier molecular flexibility index (Phi) is 3.08. The smallest absolute Gasteiger partial charge is 0.494 e. The van der Waals surface area contributed by atoms with Gasteiger partial charge in [0.05, 0.1) is 30.4 Å². The van der Waals surface area contributed by atoms with Gasteiger partial charge >= 0.3 is 7.12 Å². The third-order valence-electron chi connectivity index (χ3n) is 4.57. The van der Waals surface area contributed by atoms with E-state index in [9.17, 15) is 4.79 Å². The highest BCUT2D eigenvalue weighted by molar-refractivity contribution is 6.62. The molecule has 2 aliphatic heterocycles. The summed E-state index contributed by atoms with van der Waals surface area (Å²) in [6.07, 6.45) is 0.360. The highest BCUT2D eigenvalue weighted by Gasteiger charge is 2.52. The summed E-state index contributed by atoms with van der Waals surface area (Å²) in [5.41, 5.74) is 1.77. The third-order valence-corrected chi connectivity index (χ3v) is 4.57. The lowest BCUT2D eigenvalue weighted by Crippen LogP contribution is -2.41. The summed E-state index contributed by atoms with van der Waals surface area (Å²) in [6.45, 7) is 8.07. The Morgan fingerprint density at radius 3 is 2.38 bits per heavy atom. The van der Waals surface area contributed by atoms with Crippen molar-refractivity contribution in [2.75, 3.05) is 12.4 Å². The first-order chi connectivity index (χ1) is 9.73. The molecule has 0 aliphatic carbocycles. The van der Waals surface area contributed by atoms with Gasteiger partial charge in [-0.15, -0.1) is 0 Å². The summed E-state index contributed by atoms with van der Waals surface area (Å²) in [5.74, 6) is 0.623. The van der Waals surface area contributed by atoms with Gasteiger partial charge in [0.25, 0.3) is 0 Å². The van der Waals surface area contributed by atoms with Crippen LogP contribution in [0.2, 0.25) is 0 Å². The summed E-state index contributed by atoms with van der Waals surface area (Å²) in [7, 11) is 1.14. The first-order valence-electron chi connectivity index (χ1n) is 7.10. The summed E-state index contributed by atoms with van der Waals surface area (Å²) in [4.78, 5) is 11.6. The Morgan fingerprint density at radius 2 is 1.81 bits per heavy atom. The fraction of sp³-hybridized carbons (Fsp3) is 0.533. The van der Waals surface area contributed by atoms with Crippen molar-refractivity contribution in [2.45, 2.75) is 45.3 Å². The van der Waals surface area contributed by atoms with Crippen LogP contribution in [-0.2, 0) is 20.5 Å². The van der Waals surface area contributed by atoms with E-state index < -0.39 is 18.3 Å². The van der Waals surface area contributed by atoms with Gasteiger partial charge in [0.15, 0.2) is 0 Å². The zero-order valence-corrected chi connectivity index (χ0v) is 13.1. The lowest BCUT2D eigenvalue weighted by Gasteiger charge is -2.32. The van der Waals surface area contributed by atoms with E-state index in [-0.39, 0.29) is 5.91 Å². The predicted molar refractivity (Wildman–Crippen MR) is 81.0 cm³/mol. The Morgan fingerprint density at radius 1 is 1.19 bits per heavy atom. The lowest BCUT2D eigenvalue weighted by atomic mass is 9.78. The van der Waals surface area contributed by atoms with Crippen molar-refractivity contribution in [2.24, 2.45) is 0 Å². The van der Waals surface area contributed by atoms with Crippen LogP contribution < -0.4 is 15.5 Å². The highest BCUT2D eigenvalue weighted by atomic mass is 16.7. The molecule has 1 aromatic carbocycles. The number of carbonyl (C=O) groups excluding carboxylic acids is 1. The number of methoxy groups -OCH3 is 1. The molecule has 21 heavy (non-hydrogen) atoms. The summed E-state index contributed by atoms with van der Waals surface area (Å²) in [5, 5.41) is 2.82. The molecule has 0 unspecified atom stereocenters. The Bertz CT molecular complexity index is 596. The molecule has 1 aromatic rings. The van der Waals surface area contributed by atoms with Gasteiger partial charge in [0, 0.05) is 0 Å². The molecule has 1 amide bonds. The SMILES string of the molecule is COc1cc(B2OC(C)(C)C(C)(C)O2)cc2c1NC(=O)C2. The van der Waals surface area contributed by atoms with Crippen LogP contribution in [0.1, 0.15) is 33.3 Å². The van der Waals surface area contributed by atoms with E-state index in [1.807, 2.05) is 39.8 Å². The molecular formula is C15H20BNO4. The molecule has 2 aliphatic rings. The van der Waals surface area contributed by atoms with Crippen LogP contribution >= 0.6 is 0 Å². The van der Waals surface area contributed by atoms with E-state index in [2.05, 4.69) is 5.32 Å². The molecule has 0 aromatic heterocycles. The fourth-order valence-corrected chi connectivity index (χ4v) is 2.61. The van der Waals surface area contributed by atoms with Crippen molar-refractivity contribution in [1.29, 1.82) is 0 Å². The van der Waals surface area contributed by atoms with Crippen molar-refractivity contribution >= 4 is 24.2 Å². The molecule has 5 nitrogen and oxygen atoms in total. The monoisotopic (exact) mass is 289 g/mol. The topological polar surface area (TPSA) is 56.8 Å². The Balaban J connectivity index is 1.98. The second-order valence-corrected chi connectivity index (χ2v) is 6.57. The van der Waals surface area contributed by atoms with Crippen molar-refractivity contribution in [3.8, 4) is 5.75 Å². The fourth-order valence-electron chi connectivity index (χ4n) is 2.61. The molecular weight excluding hydrogens is 269 g/mol. The minimum atomic E-state index is -0.454. The molecule has 1 fully saturated rings. The van der Waals surface area contributed by atoms with Crippen molar-refractivity contribution in [1.82, 2.24) is 0 Å². The van der Waals surface area contributed by atoms with Crippen LogP contribution in [0, 0.1) is 0 Å². The number of hydrogen-bond acceptors (Lipinski definition) is 4. The van der Waals surface area contributed by atoms with Crippen LogP contribution in [-0.4, -0.2) is 31.3 Å². The number of benzene rings is 1. The zero-order valence-electron chi connectivity index (χ0n) is 13.1. The van der Waals surface area contributed by atoms with Crippen LogP contribution in [0.5, 0.6) is 5.75 Å². The van der Waals surface area contributed by atoms with Gasteiger partial charge in [-0.3, -0.25) is 4.79 Å². The minimum absolute atomic E-state index is 0.0191. The number of fused-ring (bicyclic) bond motifs is 1. The largest absolute Gasteiger partial charge is 0.495 e. The average molecular weight is 289 g/mol. The maximum atomic E-state index is 11.6. The number of amides is 1. The van der Waals surface area contributed by atoms with Crippen LogP contribution in [0.3, 0.4) is 0 Å². The first-order valence-corrected chi connectivity index (χ1v) is 7.10. The van der Waals surface area contributed by atoms with Crippen LogP contribution in [0.15, 0.2) is 12.1 Å². The molecule has 6 heteroatoms. The third kappa shape index (κ3) is 2.22. The molecule has 3 rings (SSSR count). The number of hydrogen-bond donors (Lipinski definition) is 1. The van der Waals surface area contributed by atoms with E-state index in [0.29, 0.717) is 12.2 Å². The first kappa shape index (κ1) is 14.4. The van der Waals surface area contributed by atoms with Gasteiger partial charge in [-0.25, -0.2) is 0 Å². The minimum Gasteiger partial charge on any atom is -0.495 e. The number of carbonyl (C=O) groups is 1. The number of rotatable bonds is 2. The van der Waals surface area contributed by atoms with E-state index in [1.165, 1.54) is 0 Å². The van der Waals surface area contributed by atoms with E-state index in [4.69, 9.17) is 14.0 Å². The maximum Gasteiger partial charge on any atom is 0.494 e. The summed E-state index contributed by atoms with van der Waals surface area (Å²) >= 11 is 0. The predicted octanol–water partition coefficient (Wildman–Crippen LogP) is 1.49. The molecule has 0 radical (unpaired) electrons. The van der Waals surface area contributed by atoms with Gasteiger partial charge in [-0.1, -0.05) is 6.07 Å². The summed E-state index contributed by atoms with van der Waals surface area (Å²) in [6, 6.07) is 3.82. The molecule has 1 saturated heterocycles. The molecule has 112 valence electrons. The van der Waals surface area contributed by atoms with E-state index in [0.717, 1.165) is 16.7 Å². The molecule has 0 atom stereocenters. The van der Waals surface area contributed by atoms with Gasteiger partial charge in [-0.2, -0.15) is 0 Å². The second kappa shape index (κ2) is 4.48. The quantitative estimate of drug-likeness (QED) is 0.838. The highest BCUT2D eigenvalue weighted by Crippen LogP contribution is 2.38.